The fourth-order valence-electron chi connectivity index (χ4n) is 4.19. The molecular weight excluding hydrogens is 480 g/mol. The SMILES string of the molecule is Cc1cc(C)nc(OC(C(=O)O)C(NC(=O)c2cc(F)cc(F)c2)(c2ccccc2)c2ccccc2)n1. The Balaban J connectivity index is 1.96. The molecule has 0 bridgehead atoms. The lowest BCUT2D eigenvalue weighted by atomic mass is 9.77. The van der Waals surface area contributed by atoms with Gasteiger partial charge in [-0.05, 0) is 43.2 Å². The Morgan fingerprint density at radius 1 is 0.838 bits per heavy atom. The first kappa shape index (κ1) is 25.4. The van der Waals surface area contributed by atoms with Crippen LogP contribution >= 0.6 is 0 Å². The van der Waals surface area contributed by atoms with Crippen molar-refractivity contribution < 1.29 is 28.2 Å². The van der Waals surface area contributed by atoms with Gasteiger partial charge < -0.3 is 15.2 Å². The zero-order valence-electron chi connectivity index (χ0n) is 20.0. The number of benzene rings is 3. The third-order valence-corrected chi connectivity index (χ3v) is 5.70. The van der Waals surface area contributed by atoms with Crippen LogP contribution in [0.1, 0.15) is 32.9 Å². The largest absolute Gasteiger partial charge is 0.478 e. The van der Waals surface area contributed by atoms with Crippen molar-refractivity contribution in [2.45, 2.75) is 25.5 Å². The fourth-order valence-corrected chi connectivity index (χ4v) is 4.19. The molecule has 188 valence electrons. The van der Waals surface area contributed by atoms with Gasteiger partial charge in [-0.2, -0.15) is 0 Å². The number of ether oxygens (including phenoxy) is 1. The third-order valence-electron chi connectivity index (χ3n) is 5.70. The van der Waals surface area contributed by atoms with E-state index in [1.807, 2.05) is 0 Å². The van der Waals surface area contributed by atoms with E-state index in [2.05, 4.69) is 15.3 Å². The van der Waals surface area contributed by atoms with Crippen molar-refractivity contribution in [3.05, 3.63) is 125 Å². The maximum atomic E-state index is 14.0. The van der Waals surface area contributed by atoms with Gasteiger partial charge in [0.2, 0.25) is 6.10 Å². The molecule has 0 fully saturated rings. The first-order chi connectivity index (χ1) is 17.7. The molecule has 0 aliphatic rings. The van der Waals surface area contributed by atoms with Crippen molar-refractivity contribution in [1.82, 2.24) is 15.3 Å². The highest BCUT2D eigenvalue weighted by Crippen LogP contribution is 2.36. The monoisotopic (exact) mass is 503 g/mol. The van der Waals surface area contributed by atoms with Crippen molar-refractivity contribution in [1.29, 1.82) is 0 Å². The molecule has 37 heavy (non-hydrogen) atoms. The maximum absolute atomic E-state index is 14.0. The highest BCUT2D eigenvalue weighted by atomic mass is 19.1. The van der Waals surface area contributed by atoms with Crippen LogP contribution in [0.4, 0.5) is 8.78 Å². The lowest BCUT2D eigenvalue weighted by Crippen LogP contribution is -2.60. The number of amides is 1. The quantitative estimate of drug-likeness (QED) is 0.365. The molecule has 4 aromatic rings. The zero-order valence-corrected chi connectivity index (χ0v) is 20.0. The number of rotatable bonds is 8. The van der Waals surface area contributed by atoms with Gasteiger partial charge in [0.25, 0.3) is 5.91 Å². The zero-order chi connectivity index (χ0) is 26.6. The summed E-state index contributed by atoms with van der Waals surface area (Å²) < 4.78 is 33.8. The van der Waals surface area contributed by atoms with E-state index >= 15 is 0 Å². The average molecular weight is 504 g/mol. The molecule has 0 radical (unpaired) electrons. The van der Waals surface area contributed by atoms with Crippen LogP contribution in [-0.4, -0.2) is 33.1 Å². The number of hydrogen-bond donors (Lipinski definition) is 2. The summed E-state index contributed by atoms with van der Waals surface area (Å²) >= 11 is 0. The Hall–Kier alpha value is -4.66. The molecule has 2 N–H and O–H groups in total. The number of aromatic nitrogens is 2. The molecule has 3 aromatic carbocycles. The lowest BCUT2D eigenvalue weighted by molar-refractivity contribution is -0.148. The summed E-state index contributed by atoms with van der Waals surface area (Å²) in [4.78, 5) is 34.7. The summed E-state index contributed by atoms with van der Waals surface area (Å²) in [7, 11) is 0. The number of carbonyl (C=O) groups is 2. The van der Waals surface area contributed by atoms with Crippen LogP contribution < -0.4 is 10.1 Å². The van der Waals surface area contributed by atoms with E-state index in [0.717, 1.165) is 12.1 Å². The second-order valence-electron chi connectivity index (χ2n) is 8.42. The summed E-state index contributed by atoms with van der Waals surface area (Å²) in [5.41, 5.74) is -0.395. The van der Waals surface area contributed by atoms with Crippen LogP contribution in [-0.2, 0) is 10.3 Å². The second kappa shape index (κ2) is 10.5. The van der Waals surface area contributed by atoms with Crippen LogP contribution in [0.15, 0.2) is 84.9 Å². The van der Waals surface area contributed by atoms with Crippen LogP contribution in [0.25, 0.3) is 0 Å². The molecule has 0 aliphatic heterocycles. The number of nitrogens with zero attached hydrogens (tertiary/aromatic N) is 2. The van der Waals surface area contributed by atoms with E-state index in [1.54, 1.807) is 80.6 Å². The number of carbonyl (C=O) groups excluding carboxylic acids is 1. The predicted octanol–water partition coefficient (Wildman–Crippen LogP) is 4.58. The molecule has 4 rings (SSSR count). The Bertz CT molecular complexity index is 1350. The standard InChI is InChI=1S/C28H23F2N3O4/c1-17-13-18(2)32-27(31-17)37-24(26(35)36)28(20-9-5-3-6-10-20,21-11-7-4-8-12-21)33-25(34)19-14-22(29)16-23(30)15-19/h3-16,24H,1-2H3,(H,33,34)(H,35,36). The smallest absolute Gasteiger partial charge is 0.348 e. The van der Waals surface area contributed by atoms with Crippen LogP contribution in [0, 0.1) is 25.5 Å². The van der Waals surface area contributed by atoms with E-state index in [-0.39, 0.29) is 11.6 Å². The number of hydrogen-bond acceptors (Lipinski definition) is 5. The first-order valence-corrected chi connectivity index (χ1v) is 11.3. The van der Waals surface area contributed by atoms with E-state index in [0.29, 0.717) is 28.6 Å². The number of nitrogens with one attached hydrogen (secondary N) is 1. The normalized spacial score (nSPS) is 12.0. The van der Waals surface area contributed by atoms with Crippen LogP contribution in [0.3, 0.4) is 0 Å². The number of halogens is 2. The highest BCUT2D eigenvalue weighted by molar-refractivity contribution is 5.96. The first-order valence-electron chi connectivity index (χ1n) is 11.3. The Morgan fingerprint density at radius 2 is 1.32 bits per heavy atom. The summed E-state index contributed by atoms with van der Waals surface area (Å²) in [5.74, 6) is -4.25. The molecule has 1 aromatic heterocycles. The molecular formula is C28H23F2N3O4. The average Bonchev–Trinajstić information content (AvgIpc) is 2.86. The minimum absolute atomic E-state index is 0.202. The number of aryl methyl sites for hydroxylation is 2. The van der Waals surface area contributed by atoms with Crippen molar-refractivity contribution in [3.8, 4) is 6.01 Å². The van der Waals surface area contributed by atoms with Crippen LogP contribution in [0.2, 0.25) is 0 Å². The third kappa shape index (κ3) is 5.45. The van der Waals surface area contributed by atoms with Gasteiger partial charge in [0.15, 0.2) is 0 Å². The van der Waals surface area contributed by atoms with Crippen molar-refractivity contribution in [3.63, 3.8) is 0 Å². The predicted molar refractivity (Wildman–Crippen MR) is 131 cm³/mol. The molecule has 7 nitrogen and oxygen atoms in total. The van der Waals surface area contributed by atoms with Gasteiger partial charge in [-0.1, -0.05) is 60.7 Å². The summed E-state index contributed by atoms with van der Waals surface area (Å²) in [6, 6.07) is 20.5. The Kier molecular flexibility index (Phi) is 7.24. The van der Waals surface area contributed by atoms with Crippen molar-refractivity contribution in [2.75, 3.05) is 0 Å². The molecule has 9 heteroatoms. The van der Waals surface area contributed by atoms with Gasteiger partial charge in [0.1, 0.15) is 17.2 Å². The van der Waals surface area contributed by atoms with Gasteiger partial charge in [-0.15, -0.1) is 0 Å². The van der Waals surface area contributed by atoms with Gasteiger partial charge in [0.05, 0.1) is 0 Å². The minimum atomic E-state index is -1.87. The highest BCUT2D eigenvalue weighted by Gasteiger charge is 2.50. The summed E-state index contributed by atoms with van der Waals surface area (Å²) in [5, 5.41) is 13.2. The molecule has 0 aliphatic carbocycles. The van der Waals surface area contributed by atoms with E-state index in [4.69, 9.17) is 4.74 Å². The maximum Gasteiger partial charge on any atom is 0.348 e. The summed E-state index contributed by atoms with van der Waals surface area (Å²) in [6.45, 7) is 3.42. The fraction of sp³-hybridized carbons (Fsp3) is 0.143. The Morgan fingerprint density at radius 3 is 1.78 bits per heavy atom. The topological polar surface area (TPSA) is 101 Å². The minimum Gasteiger partial charge on any atom is -0.478 e. The van der Waals surface area contributed by atoms with E-state index in [9.17, 15) is 23.5 Å². The summed E-state index contributed by atoms with van der Waals surface area (Å²) in [6.07, 6.45) is -1.79. The van der Waals surface area contributed by atoms with Gasteiger partial charge in [-0.25, -0.2) is 23.5 Å². The second-order valence-corrected chi connectivity index (χ2v) is 8.42. The molecule has 0 saturated carbocycles. The van der Waals surface area contributed by atoms with Gasteiger partial charge >= 0.3 is 12.0 Å². The van der Waals surface area contributed by atoms with Gasteiger partial charge in [0, 0.05) is 23.0 Å². The molecule has 1 amide bonds. The lowest BCUT2D eigenvalue weighted by Gasteiger charge is -2.39. The number of aliphatic carboxylic acids is 1. The number of carboxylic acids is 1. The number of carboxylic acid groups (broad SMARTS) is 1. The van der Waals surface area contributed by atoms with Crippen molar-refractivity contribution >= 4 is 11.9 Å². The molecule has 1 atom stereocenters. The molecule has 1 heterocycles. The van der Waals surface area contributed by atoms with E-state index < -0.39 is 35.2 Å². The van der Waals surface area contributed by atoms with E-state index in [1.165, 1.54) is 0 Å². The molecule has 1 unspecified atom stereocenters. The van der Waals surface area contributed by atoms with Crippen molar-refractivity contribution in [2.24, 2.45) is 0 Å². The molecule has 0 spiro atoms. The van der Waals surface area contributed by atoms with Gasteiger partial charge in [-0.3, -0.25) is 4.79 Å². The molecule has 0 saturated heterocycles. The Labute approximate surface area is 211 Å². The van der Waals surface area contributed by atoms with Crippen LogP contribution in [0.5, 0.6) is 6.01 Å².